The summed E-state index contributed by atoms with van der Waals surface area (Å²) in [6.45, 7) is 0. The number of nitrogens with zero attached hydrogens (tertiary/aromatic N) is 10. The summed E-state index contributed by atoms with van der Waals surface area (Å²) in [5.74, 6) is 4.26. The van der Waals surface area contributed by atoms with E-state index in [1.807, 2.05) is 109 Å². The van der Waals surface area contributed by atoms with Gasteiger partial charge in [0, 0.05) is 74.9 Å². The SMILES string of the molecule is c1ccc(-c2nc(-c3ccccc3)nc(-c3ccc(-c4ccc5ccc(-c6ccc(-c7nc(-c8ccccc8)nc(-c8ccc(-c9ccc%10ccccc%10c9-c9ncccn9)cc8)n7)cc6)cc5c4-c4cncnc4)cc3)n2)cc1. The summed E-state index contributed by atoms with van der Waals surface area (Å²) in [6.07, 6.45) is 8.90. The van der Waals surface area contributed by atoms with E-state index >= 15 is 0 Å². The number of benzene rings is 10. The van der Waals surface area contributed by atoms with Gasteiger partial charge < -0.3 is 0 Å². The van der Waals surface area contributed by atoms with Crippen molar-refractivity contribution in [3.8, 4) is 124 Å². The van der Waals surface area contributed by atoms with Gasteiger partial charge in [0.15, 0.2) is 40.8 Å². The predicted molar refractivity (Wildman–Crippen MR) is 319 cm³/mol. The molecule has 14 aromatic rings. The lowest BCUT2D eigenvalue weighted by Gasteiger charge is -2.15. The minimum atomic E-state index is 0.576. The van der Waals surface area contributed by atoms with Gasteiger partial charge in [0.2, 0.25) is 0 Å². The maximum atomic E-state index is 5.13. The van der Waals surface area contributed by atoms with Gasteiger partial charge >= 0.3 is 0 Å². The van der Waals surface area contributed by atoms with Crippen LogP contribution < -0.4 is 0 Å². The number of fused-ring (bicyclic) bond motifs is 2. The highest BCUT2D eigenvalue weighted by molar-refractivity contribution is 6.06. The van der Waals surface area contributed by atoms with Crippen molar-refractivity contribution in [2.45, 2.75) is 0 Å². The summed E-state index contributed by atoms with van der Waals surface area (Å²) in [6, 6.07) is 80.8. The highest BCUT2D eigenvalue weighted by Crippen LogP contribution is 2.41. The first kappa shape index (κ1) is 47.4. The topological polar surface area (TPSA) is 129 Å². The highest BCUT2D eigenvalue weighted by Gasteiger charge is 2.19. The van der Waals surface area contributed by atoms with Crippen LogP contribution in [0.2, 0.25) is 0 Å². The highest BCUT2D eigenvalue weighted by atomic mass is 15.0. The van der Waals surface area contributed by atoms with Gasteiger partial charge in [-0.15, -0.1) is 0 Å². The summed E-state index contributed by atoms with van der Waals surface area (Å²) in [5, 5.41) is 4.39. The van der Waals surface area contributed by atoms with Crippen LogP contribution in [-0.2, 0) is 0 Å². The van der Waals surface area contributed by atoms with Crippen molar-refractivity contribution in [3.63, 3.8) is 0 Å². The van der Waals surface area contributed by atoms with Crippen molar-refractivity contribution >= 4 is 21.5 Å². The van der Waals surface area contributed by atoms with Crippen LogP contribution in [0.3, 0.4) is 0 Å². The Balaban J connectivity index is 0.804. The van der Waals surface area contributed by atoms with Crippen LogP contribution in [0, 0.1) is 0 Å². The van der Waals surface area contributed by atoms with Crippen molar-refractivity contribution in [1.29, 1.82) is 0 Å². The molecule has 374 valence electrons. The van der Waals surface area contributed by atoms with Crippen LogP contribution in [0.1, 0.15) is 0 Å². The molecule has 14 rings (SSSR count). The Labute approximate surface area is 461 Å². The van der Waals surface area contributed by atoms with Crippen LogP contribution in [0.4, 0.5) is 0 Å². The van der Waals surface area contributed by atoms with Gasteiger partial charge in [-0.05, 0) is 67.1 Å². The Morgan fingerprint density at radius 3 is 1.06 bits per heavy atom. The molecule has 0 bridgehead atoms. The van der Waals surface area contributed by atoms with E-state index in [1.165, 1.54) is 0 Å². The van der Waals surface area contributed by atoms with Gasteiger partial charge in [0.05, 0.1) is 0 Å². The lowest BCUT2D eigenvalue weighted by atomic mass is 9.89. The summed E-state index contributed by atoms with van der Waals surface area (Å²) in [7, 11) is 0. The van der Waals surface area contributed by atoms with E-state index in [2.05, 4.69) is 159 Å². The lowest BCUT2D eigenvalue weighted by Crippen LogP contribution is -2.00. The van der Waals surface area contributed by atoms with Crippen LogP contribution in [0.5, 0.6) is 0 Å². The average molecular weight is 1030 g/mol. The molecule has 0 unspecified atom stereocenters. The van der Waals surface area contributed by atoms with E-state index in [0.29, 0.717) is 40.8 Å². The fraction of sp³-hybridized carbons (Fsp3) is 0. The molecule has 4 aromatic heterocycles. The summed E-state index contributed by atoms with van der Waals surface area (Å²) in [4.78, 5) is 48.4. The second-order valence-electron chi connectivity index (χ2n) is 19.3. The predicted octanol–water partition coefficient (Wildman–Crippen LogP) is 16.3. The van der Waals surface area contributed by atoms with Crippen molar-refractivity contribution in [3.05, 3.63) is 268 Å². The molecule has 0 fully saturated rings. The Bertz CT molecular complexity index is 4470. The van der Waals surface area contributed by atoms with Gasteiger partial charge in [-0.25, -0.2) is 49.8 Å². The molecule has 10 nitrogen and oxygen atoms in total. The molecular formula is C70H44N10. The fourth-order valence-corrected chi connectivity index (χ4v) is 10.4. The molecule has 0 aliphatic rings. The Kier molecular flexibility index (Phi) is 12.3. The molecule has 0 spiro atoms. The average Bonchev–Trinajstić information content (AvgIpc) is 3.57. The molecule has 0 radical (unpaired) electrons. The molecule has 0 atom stereocenters. The minimum Gasteiger partial charge on any atom is -0.244 e. The van der Waals surface area contributed by atoms with Crippen LogP contribution in [0.25, 0.3) is 146 Å². The molecular weight excluding hydrogens is 981 g/mol. The van der Waals surface area contributed by atoms with Crippen molar-refractivity contribution < 1.29 is 0 Å². The number of aromatic nitrogens is 10. The largest absolute Gasteiger partial charge is 0.244 e. The zero-order valence-corrected chi connectivity index (χ0v) is 42.9. The first-order valence-corrected chi connectivity index (χ1v) is 26.3. The van der Waals surface area contributed by atoms with E-state index in [1.54, 1.807) is 18.7 Å². The standard InChI is InChI=1S/C70H44N10/c1-4-14-50(15-5-1)64-75-65(51-16-6-2-7-17-51)77-68(76-64)54-30-23-47(24-31-54)59-37-36-49-27-34-56(41-61(49)62(59)57-42-71-44-72-43-57)45-21-28-53(29-22-45)67-78-66(52-18-8-3-9-19-52)79-69(80-67)55-32-25-48(26-33-55)60-38-35-46-13-10-11-20-58(46)63(60)70-73-39-12-40-74-70/h1-44H. The summed E-state index contributed by atoms with van der Waals surface area (Å²) in [5.41, 5.74) is 14.6. The minimum absolute atomic E-state index is 0.576. The fourth-order valence-electron chi connectivity index (χ4n) is 10.4. The second kappa shape index (κ2) is 20.8. The monoisotopic (exact) mass is 1020 g/mol. The zero-order chi connectivity index (χ0) is 53.2. The molecule has 4 heterocycles. The molecule has 0 N–H and O–H groups in total. The third-order valence-electron chi connectivity index (χ3n) is 14.3. The van der Waals surface area contributed by atoms with E-state index in [-0.39, 0.29) is 0 Å². The van der Waals surface area contributed by atoms with Crippen molar-refractivity contribution in [1.82, 2.24) is 49.8 Å². The van der Waals surface area contributed by atoms with Gasteiger partial charge in [-0.1, -0.05) is 224 Å². The molecule has 0 saturated heterocycles. The van der Waals surface area contributed by atoms with E-state index in [9.17, 15) is 0 Å². The van der Waals surface area contributed by atoms with Crippen molar-refractivity contribution in [2.75, 3.05) is 0 Å². The summed E-state index contributed by atoms with van der Waals surface area (Å²) >= 11 is 0. The number of rotatable bonds is 11. The molecule has 0 aliphatic heterocycles. The third-order valence-corrected chi connectivity index (χ3v) is 14.3. The quantitative estimate of drug-likeness (QED) is 0.123. The molecule has 0 amide bonds. The van der Waals surface area contributed by atoms with Gasteiger partial charge in [0.25, 0.3) is 0 Å². The summed E-state index contributed by atoms with van der Waals surface area (Å²) < 4.78 is 0. The molecule has 10 aromatic carbocycles. The Morgan fingerprint density at radius 1 is 0.225 bits per heavy atom. The molecule has 80 heavy (non-hydrogen) atoms. The number of hydrogen-bond acceptors (Lipinski definition) is 10. The first-order chi connectivity index (χ1) is 39.6. The van der Waals surface area contributed by atoms with Crippen LogP contribution in [0.15, 0.2) is 268 Å². The Hall–Kier alpha value is -11.1. The molecule has 10 heteroatoms. The van der Waals surface area contributed by atoms with Crippen LogP contribution >= 0.6 is 0 Å². The van der Waals surface area contributed by atoms with E-state index < -0.39 is 0 Å². The molecule has 0 saturated carbocycles. The van der Waals surface area contributed by atoms with Gasteiger partial charge in [0.1, 0.15) is 6.33 Å². The normalized spacial score (nSPS) is 11.2. The third kappa shape index (κ3) is 9.28. The van der Waals surface area contributed by atoms with Crippen molar-refractivity contribution in [2.24, 2.45) is 0 Å². The second-order valence-corrected chi connectivity index (χ2v) is 19.3. The zero-order valence-electron chi connectivity index (χ0n) is 42.9. The van der Waals surface area contributed by atoms with Crippen LogP contribution in [-0.4, -0.2) is 49.8 Å². The van der Waals surface area contributed by atoms with Gasteiger partial charge in [-0.3, -0.25) is 0 Å². The van der Waals surface area contributed by atoms with Gasteiger partial charge in [-0.2, -0.15) is 0 Å². The molecule has 0 aliphatic carbocycles. The van der Waals surface area contributed by atoms with E-state index in [4.69, 9.17) is 29.9 Å². The lowest BCUT2D eigenvalue weighted by molar-refractivity contribution is 1.07. The van der Waals surface area contributed by atoms with E-state index in [0.717, 1.165) is 105 Å². The Morgan fingerprint density at radius 2 is 0.588 bits per heavy atom. The maximum Gasteiger partial charge on any atom is 0.164 e. The first-order valence-electron chi connectivity index (χ1n) is 26.3. The number of hydrogen-bond donors (Lipinski definition) is 0. The smallest absolute Gasteiger partial charge is 0.164 e. The maximum absolute atomic E-state index is 5.13.